The molecule has 112 valence electrons. The van der Waals surface area contributed by atoms with E-state index in [9.17, 15) is 4.79 Å². The Hall–Kier alpha value is -0.870. The molecule has 1 amide bonds. The van der Waals surface area contributed by atoms with Gasteiger partial charge in [-0.2, -0.15) is 0 Å². The summed E-state index contributed by atoms with van der Waals surface area (Å²) in [5, 5.41) is 3.29. The monoisotopic (exact) mass is 294 g/mol. The van der Waals surface area contributed by atoms with Crippen molar-refractivity contribution in [1.29, 1.82) is 0 Å². The maximum atomic E-state index is 12.3. The van der Waals surface area contributed by atoms with Crippen LogP contribution in [0.3, 0.4) is 0 Å². The Kier molecular flexibility index (Phi) is 6.05. The van der Waals surface area contributed by atoms with Crippen LogP contribution in [0.4, 0.5) is 0 Å². The van der Waals surface area contributed by atoms with Gasteiger partial charge in [-0.05, 0) is 31.4 Å². The molecule has 3 nitrogen and oxygen atoms in total. The first kappa shape index (κ1) is 15.5. The third-order valence-electron chi connectivity index (χ3n) is 3.89. The van der Waals surface area contributed by atoms with Gasteiger partial charge in [-0.3, -0.25) is 4.79 Å². The van der Waals surface area contributed by atoms with Crippen molar-refractivity contribution in [2.45, 2.75) is 39.5 Å². The lowest BCUT2D eigenvalue weighted by Crippen LogP contribution is -2.48. The molecule has 1 unspecified atom stereocenters. The number of nitrogens with one attached hydrogen (secondary N) is 1. The maximum absolute atomic E-state index is 12.3. The van der Waals surface area contributed by atoms with Crippen molar-refractivity contribution in [2.24, 2.45) is 5.92 Å². The van der Waals surface area contributed by atoms with E-state index < -0.39 is 0 Å². The van der Waals surface area contributed by atoms with Gasteiger partial charge in [0.1, 0.15) is 0 Å². The summed E-state index contributed by atoms with van der Waals surface area (Å²) in [6.45, 7) is 7.89. The van der Waals surface area contributed by atoms with Crippen molar-refractivity contribution < 1.29 is 4.79 Å². The molecule has 1 fully saturated rings. The first-order chi connectivity index (χ1) is 9.70. The van der Waals surface area contributed by atoms with Crippen molar-refractivity contribution in [3.05, 3.63) is 21.9 Å². The molecule has 4 heteroatoms. The summed E-state index contributed by atoms with van der Waals surface area (Å²) in [4.78, 5) is 17.2. The Morgan fingerprint density at radius 2 is 1.95 bits per heavy atom. The first-order valence-corrected chi connectivity index (χ1v) is 8.59. The van der Waals surface area contributed by atoms with Crippen LogP contribution in [-0.2, 0) is 17.6 Å². The Morgan fingerprint density at radius 1 is 1.30 bits per heavy atom. The first-order valence-electron chi connectivity index (χ1n) is 7.77. The van der Waals surface area contributed by atoms with E-state index in [2.05, 4.69) is 31.3 Å². The number of nitrogens with zero attached hydrogens (tertiary/aromatic N) is 1. The molecular weight excluding hydrogens is 268 g/mol. The van der Waals surface area contributed by atoms with E-state index in [0.717, 1.165) is 39.0 Å². The minimum atomic E-state index is 0.143. The van der Waals surface area contributed by atoms with Crippen molar-refractivity contribution in [1.82, 2.24) is 10.2 Å². The predicted octanol–water partition coefficient (Wildman–Crippen LogP) is 2.70. The van der Waals surface area contributed by atoms with E-state index in [-0.39, 0.29) is 5.92 Å². The zero-order chi connectivity index (χ0) is 14.4. The van der Waals surface area contributed by atoms with Crippen molar-refractivity contribution in [3.63, 3.8) is 0 Å². The highest BCUT2D eigenvalue weighted by Crippen LogP contribution is 2.21. The summed E-state index contributed by atoms with van der Waals surface area (Å²) >= 11 is 1.91. The SMILES string of the molecule is CCCc1ccc(CCC(C)C(=O)N2CCNCC2)s1. The molecular formula is C16H26N2OS. The molecule has 1 atom stereocenters. The second-order valence-electron chi connectivity index (χ2n) is 5.63. The quantitative estimate of drug-likeness (QED) is 0.875. The van der Waals surface area contributed by atoms with Gasteiger partial charge in [0.15, 0.2) is 0 Å². The van der Waals surface area contributed by atoms with Gasteiger partial charge in [0.2, 0.25) is 5.91 Å². The summed E-state index contributed by atoms with van der Waals surface area (Å²) in [5.41, 5.74) is 0. The fourth-order valence-electron chi connectivity index (χ4n) is 2.62. The van der Waals surface area contributed by atoms with Gasteiger partial charge in [-0.15, -0.1) is 11.3 Å². The van der Waals surface area contributed by atoms with Crippen LogP contribution >= 0.6 is 11.3 Å². The number of aryl methyl sites for hydroxylation is 2. The molecule has 1 aromatic heterocycles. The average Bonchev–Trinajstić information content (AvgIpc) is 2.93. The Labute approximate surface area is 126 Å². The van der Waals surface area contributed by atoms with E-state index in [1.165, 1.54) is 22.6 Å². The number of amides is 1. The highest BCUT2D eigenvalue weighted by molar-refractivity contribution is 7.11. The van der Waals surface area contributed by atoms with Crippen LogP contribution in [0.15, 0.2) is 12.1 Å². The lowest BCUT2D eigenvalue weighted by atomic mass is 10.0. The van der Waals surface area contributed by atoms with E-state index in [1.807, 2.05) is 16.2 Å². The summed E-state index contributed by atoms with van der Waals surface area (Å²) in [6, 6.07) is 4.48. The lowest BCUT2D eigenvalue weighted by Gasteiger charge is -2.29. The van der Waals surface area contributed by atoms with Crippen LogP contribution in [0.1, 0.15) is 36.4 Å². The molecule has 1 N–H and O–H groups in total. The van der Waals surface area contributed by atoms with E-state index in [4.69, 9.17) is 0 Å². The van der Waals surface area contributed by atoms with Gasteiger partial charge >= 0.3 is 0 Å². The summed E-state index contributed by atoms with van der Waals surface area (Å²) in [6.07, 6.45) is 4.39. The van der Waals surface area contributed by atoms with Crippen molar-refractivity contribution in [2.75, 3.05) is 26.2 Å². The third-order valence-corrected chi connectivity index (χ3v) is 5.09. The number of carbonyl (C=O) groups excluding carboxylic acids is 1. The van der Waals surface area contributed by atoms with E-state index in [0.29, 0.717) is 5.91 Å². The zero-order valence-electron chi connectivity index (χ0n) is 12.7. The molecule has 1 saturated heterocycles. The van der Waals surface area contributed by atoms with Crippen molar-refractivity contribution >= 4 is 17.2 Å². The van der Waals surface area contributed by atoms with Crippen LogP contribution in [0.2, 0.25) is 0 Å². The zero-order valence-corrected chi connectivity index (χ0v) is 13.5. The number of piperazine rings is 1. The van der Waals surface area contributed by atoms with Gasteiger partial charge < -0.3 is 10.2 Å². The molecule has 20 heavy (non-hydrogen) atoms. The van der Waals surface area contributed by atoms with Gasteiger partial charge in [0.05, 0.1) is 0 Å². The fourth-order valence-corrected chi connectivity index (χ4v) is 3.75. The Morgan fingerprint density at radius 3 is 2.60 bits per heavy atom. The summed E-state index contributed by atoms with van der Waals surface area (Å²) in [5.74, 6) is 0.474. The Bertz CT molecular complexity index is 424. The number of carbonyl (C=O) groups is 1. The molecule has 0 bridgehead atoms. The minimum absolute atomic E-state index is 0.143. The number of hydrogen-bond donors (Lipinski definition) is 1. The topological polar surface area (TPSA) is 32.3 Å². The second kappa shape index (κ2) is 7.79. The molecule has 0 aliphatic carbocycles. The largest absolute Gasteiger partial charge is 0.340 e. The van der Waals surface area contributed by atoms with Crippen molar-refractivity contribution in [3.8, 4) is 0 Å². The molecule has 0 radical (unpaired) electrons. The molecule has 0 spiro atoms. The standard InChI is InChI=1S/C16H26N2OS/c1-3-4-14-7-8-15(20-14)6-5-13(2)16(19)18-11-9-17-10-12-18/h7-8,13,17H,3-6,9-12H2,1-2H3. The third kappa shape index (κ3) is 4.32. The maximum Gasteiger partial charge on any atom is 0.225 e. The van der Waals surface area contributed by atoms with Gasteiger partial charge in [0.25, 0.3) is 0 Å². The summed E-state index contributed by atoms with van der Waals surface area (Å²) < 4.78 is 0. The van der Waals surface area contributed by atoms with Gasteiger partial charge in [-0.25, -0.2) is 0 Å². The molecule has 2 rings (SSSR count). The molecule has 2 heterocycles. The molecule has 1 aliphatic rings. The average molecular weight is 294 g/mol. The highest BCUT2D eigenvalue weighted by atomic mass is 32.1. The van der Waals surface area contributed by atoms with E-state index >= 15 is 0 Å². The van der Waals surface area contributed by atoms with Gasteiger partial charge in [-0.1, -0.05) is 20.3 Å². The molecule has 0 saturated carbocycles. The molecule has 1 aliphatic heterocycles. The normalized spacial score (nSPS) is 17.2. The Balaban J connectivity index is 1.78. The molecule has 0 aromatic carbocycles. The number of thiophene rings is 1. The minimum Gasteiger partial charge on any atom is -0.340 e. The smallest absolute Gasteiger partial charge is 0.225 e. The lowest BCUT2D eigenvalue weighted by molar-refractivity contribution is -0.135. The number of rotatable bonds is 6. The van der Waals surface area contributed by atoms with Crippen LogP contribution in [0, 0.1) is 5.92 Å². The van der Waals surface area contributed by atoms with Gasteiger partial charge in [0, 0.05) is 41.9 Å². The highest BCUT2D eigenvalue weighted by Gasteiger charge is 2.21. The second-order valence-corrected chi connectivity index (χ2v) is 6.89. The van der Waals surface area contributed by atoms with E-state index in [1.54, 1.807) is 0 Å². The van der Waals surface area contributed by atoms with Crippen LogP contribution < -0.4 is 5.32 Å². The number of hydrogen-bond acceptors (Lipinski definition) is 3. The predicted molar refractivity (Wildman–Crippen MR) is 85.2 cm³/mol. The fraction of sp³-hybridized carbons (Fsp3) is 0.688. The van der Waals surface area contributed by atoms with Crippen LogP contribution in [0.5, 0.6) is 0 Å². The van der Waals surface area contributed by atoms with Crippen LogP contribution in [0.25, 0.3) is 0 Å². The molecule has 1 aromatic rings. The van der Waals surface area contributed by atoms with Crippen LogP contribution in [-0.4, -0.2) is 37.0 Å². The summed E-state index contributed by atoms with van der Waals surface area (Å²) in [7, 11) is 0.